The predicted molar refractivity (Wildman–Crippen MR) is 85.3 cm³/mol. The van der Waals surface area contributed by atoms with E-state index in [1.807, 2.05) is 32.3 Å². The fourth-order valence-electron chi connectivity index (χ4n) is 2.02. The molecule has 0 saturated heterocycles. The van der Waals surface area contributed by atoms with E-state index in [0.717, 1.165) is 23.4 Å². The van der Waals surface area contributed by atoms with Crippen LogP contribution < -0.4 is 4.90 Å². The number of anilines is 1. The van der Waals surface area contributed by atoms with Gasteiger partial charge in [0.15, 0.2) is 5.82 Å². The van der Waals surface area contributed by atoms with Gasteiger partial charge >= 0.3 is 0 Å². The van der Waals surface area contributed by atoms with E-state index in [1.165, 1.54) is 0 Å². The van der Waals surface area contributed by atoms with Crippen LogP contribution >= 0.6 is 11.6 Å². The molecular weight excluding hydrogens is 270 g/mol. The molecule has 1 aromatic carbocycles. The molecule has 0 aliphatic carbocycles. The largest absolute Gasteiger partial charge is 0.378 e. The third-order valence-electron chi connectivity index (χ3n) is 3.01. The lowest BCUT2D eigenvalue weighted by Gasteiger charge is -2.12. The van der Waals surface area contributed by atoms with Crippen LogP contribution in [0.1, 0.15) is 19.5 Å². The van der Waals surface area contributed by atoms with Gasteiger partial charge in [0.05, 0.1) is 0 Å². The van der Waals surface area contributed by atoms with E-state index in [9.17, 15) is 0 Å². The van der Waals surface area contributed by atoms with Crippen molar-refractivity contribution in [2.45, 2.75) is 20.3 Å². The molecule has 0 aliphatic heterocycles. The third-order valence-corrected chi connectivity index (χ3v) is 3.20. The second-order valence-corrected chi connectivity index (χ2v) is 5.93. The molecule has 0 spiro atoms. The molecule has 1 heterocycles. The zero-order valence-electron chi connectivity index (χ0n) is 12.4. The van der Waals surface area contributed by atoms with Crippen molar-refractivity contribution in [2.24, 2.45) is 5.92 Å². The zero-order chi connectivity index (χ0) is 14.7. The van der Waals surface area contributed by atoms with Crippen molar-refractivity contribution in [1.82, 2.24) is 9.97 Å². The highest BCUT2D eigenvalue weighted by Gasteiger charge is 2.08. The number of benzene rings is 1. The molecule has 2 aromatic rings. The second kappa shape index (κ2) is 6.23. The minimum Gasteiger partial charge on any atom is -0.378 e. The van der Waals surface area contributed by atoms with Crippen LogP contribution in [0.4, 0.5) is 5.69 Å². The fourth-order valence-corrected chi connectivity index (χ4v) is 2.23. The van der Waals surface area contributed by atoms with Crippen molar-refractivity contribution in [3.05, 3.63) is 41.2 Å². The average molecular weight is 290 g/mol. The summed E-state index contributed by atoms with van der Waals surface area (Å²) in [5, 5.41) is 0.502. The van der Waals surface area contributed by atoms with E-state index in [0.29, 0.717) is 16.9 Å². The van der Waals surface area contributed by atoms with E-state index >= 15 is 0 Å². The van der Waals surface area contributed by atoms with Crippen molar-refractivity contribution in [3.8, 4) is 11.4 Å². The summed E-state index contributed by atoms with van der Waals surface area (Å²) in [6.45, 7) is 4.34. The lowest BCUT2D eigenvalue weighted by atomic mass is 10.1. The van der Waals surface area contributed by atoms with Gasteiger partial charge in [-0.1, -0.05) is 25.4 Å². The van der Waals surface area contributed by atoms with E-state index in [-0.39, 0.29) is 0 Å². The van der Waals surface area contributed by atoms with Crippen molar-refractivity contribution >= 4 is 17.3 Å². The Kier molecular flexibility index (Phi) is 4.61. The minimum atomic E-state index is 0.502. The molecule has 0 fully saturated rings. The van der Waals surface area contributed by atoms with Crippen molar-refractivity contribution < 1.29 is 0 Å². The average Bonchev–Trinajstić information content (AvgIpc) is 2.37. The zero-order valence-corrected chi connectivity index (χ0v) is 13.1. The highest BCUT2D eigenvalue weighted by Crippen LogP contribution is 2.22. The summed E-state index contributed by atoms with van der Waals surface area (Å²) in [7, 11) is 4.04. The van der Waals surface area contributed by atoms with Crippen LogP contribution in [0.15, 0.2) is 30.3 Å². The van der Waals surface area contributed by atoms with Gasteiger partial charge in [0.1, 0.15) is 5.15 Å². The molecule has 0 atom stereocenters. The Labute approximate surface area is 125 Å². The topological polar surface area (TPSA) is 29.0 Å². The molecule has 3 nitrogen and oxygen atoms in total. The summed E-state index contributed by atoms with van der Waals surface area (Å²) < 4.78 is 0. The monoisotopic (exact) mass is 289 g/mol. The molecule has 0 saturated carbocycles. The van der Waals surface area contributed by atoms with Gasteiger partial charge in [0.2, 0.25) is 0 Å². The maximum absolute atomic E-state index is 6.11. The molecule has 1 aromatic heterocycles. The highest BCUT2D eigenvalue weighted by atomic mass is 35.5. The smallest absolute Gasteiger partial charge is 0.161 e. The third kappa shape index (κ3) is 3.70. The Morgan fingerprint density at radius 1 is 1.10 bits per heavy atom. The Morgan fingerprint density at radius 3 is 2.30 bits per heavy atom. The quantitative estimate of drug-likeness (QED) is 0.795. The number of halogens is 1. The maximum atomic E-state index is 6.11. The fraction of sp³-hybridized carbons (Fsp3) is 0.375. The molecule has 0 radical (unpaired) electrons. The van der Waals surface area contributed by atoms with Gasteiger partial charge in [-0.25, -0.2) is 9.97 Å². The normalized spacial score (nSPS) is 10.9. The Morgan fingerprint density at radius 2 is 1.75 bits per heavy atom. The van der Waals surface area contributed by atoms with Crippen molar-refractivity contribution in [1.29, 1.82) is 0 Å². The number of hydrogen-bond donors (Lipinski definition) is 0. The summed E-state index contributed by atoms with van der Waals surface area (Å²) in [5.41, 5.74) is 3.13. The molecule has 4 heteroatoms. The molecule has 0 bridgehead atoms. The van der Waals surface area contributed by atoms with E-state index in [2.05, 4.69) is 40.8 Å². The van der Waals surface area contributed by atoms with Crippen LogP contribution in [-0.2, 0) is 6.42 Å². The van der Waals surface area contributed by atoms with Crippen molar-refractivity contribution in [3.63, 3.8) is 0 Å². The van der Waals surface area contributed by atoms with Crippen LogP contribution in [0.25, 0.3) is 11.4 Å². The Bertz CT molecular complexity index is 577. The van der Waals surface area contributed by atoms with Crippen LogP contribution in [0.5, 0.6) is 0 Å². The predicted octanol–water partition coefficient (Wildman–Crippen LogP) is 4.06. The van der Waals surface area contributed by atoms with E-state index < -0.39 is 0 Å². The molecule has 0 amide bonds. The first-order chi connectivity index (χ1) is 9.45. The maximum Gasteiger partial charge on any atom is 0.161 e. The van der Waals surface area contributed by atoms with Gasteiger partial charge < -0.3 is 4.90 Å². The van der Waals surface area contributed by atoms with Gasteiger partial charge in [-0.2, -0.15) is 0 Å². The summed E-state index contributed by atoms with van der Waals surface area (Å²) >= 11 is 6.11. The number of hydrogen-bond acceptors (Lipinski definition) is 3. The van der Waals surface area contributed by atoms with Crippen molar-refractivity contribution in [2.75, 3.05) is 19.0 Å². The van der Waals surface area contributed by atoms with Crippen LogP contribution in [0.3, 0.4) is 0 Å². The summed E-state index contributed by atoms with van der Waals surface area (Å²) in [6.07, 6.45) is 0.908. The molecular formula is C16H20ClN3. The molecule has 2 rings (SSSR count). The Hall–Kier alpha value is -1.61. The first kappa shape index (κ1) is 14.8. The second-order valence-electron chi connectivity index (χ2n) is 5.54. The van der Waals surface area contributed by atoms with Gasteiger partial charge in [-0.15, -0.1) is 0 Å². The molecule has 0 unspecified atom stereocenters. The number of aromatic nitrogens is 2. The van der Waals surface area contributed by atoms with E-state index in [4.69, 9.17) is 11.6 Å². The highest BCUT2D eigenvalue weighted by molar-refractivity contribution is 6.29. The van der Waals surface area contributed by atoms with Gasteiger partial charge in [0.25, 0.3) is 0 Å². The van der Waals surface area contributed by atoms with Crippen LogP contribution in [0.2, 0.25) is 5.15 Å². The van der Waals surface area contributed by atoms with Gasteiger partial charge in [-0.3, -0.25) is 0 Å². The summed E-state index contributed by atoms with van der Waals surface area (Å²) in [6, 6.07) is 10.0. The number of rotatable bonds is 4. The standard InChI is InChI=1S/C16H20ClN3/c1-11(2)9-13-10-15(17)19-16(18-13)12-5-7-14(8-6-12)20(3)4/h5-8,10-11H,9H2,1-4H3. The lowest BCUT2D eigenvalue weighted by molar-refractivity contribution is 0.634. The van der Waals surface area contributed by atoms with Gasteiger partial charge in [-0.05, 0) is 42.7 Å². The molecule has 106 valence electrons. The number of nitrogens with zero attached hydrogens (tertiary/aromatic N) is 3. The van der Waals surface area contributed by atoms with E-state index in [1.54, 1.807) is 0 Å². The minimum absolute atomic E-state index is 0.502. The molecule has 20 heavy (non-hydrogen) atoms. The summed E-state index contributed by atoms with van der Waals surface area (Å²) in [4.78, 5) is 11.0. The van der Waals surface area contributed by atoms with Crippen LogP contribution in [0, 0.1) is 5.92 Å². The SMILES string of the molecule is CC(C)Cc1cc(Cl)nc(-c2ccc(N(C)C)cc2)n1. The first-order valence-electron chi connectivity index (χ1n) is 6.77. The molecule has 0 N–H and O–H groups in total. The summed E-state index contributed by atoms with van der Waals surface area (Å²) in [5.74, 6) is 1.24. The first-order valence-corrected chi connectivity index (χ1v) is 7.14. The van der Waals surface area contributed by atoms with Gasteiger partial charge in [0, 0.05) is 31.0 Å². The van der Waals surface area contributed by atoms with Crippen LogP contribution in [-0.4, -0.2) is 24.1 Å². The Balaban J connectivity index is 2.34. The molecule has 0 aliphatic rings. The lowest BCUT2D eigenvalue weighted by Crippen LogP contribution is -2.08.